The van der Waals surface area contributed by atoms with Gasteiger partial charge in [0.15, 0.2) is 0 Å². The summed E-state index contributed by atoms with van der Waals surface area (Å²) in [5, 5.41) is 0. The molecule has 0 spiro atoms. The lowest BCUT2D eigenvalue weighted by Crippen LogP contribution is -2.21. The van der Waals surface area contributed by atoms with Gasteiger partial charge in [-0.25, -0.2) is 4.98 Å². The van der Waals surface area contributed by atoms with Crippen molar-refractivity contribution in [2.45, 2.75) is 52.5 Å². The highest BCUT2D eigenvalue weighted by atomic mass is 32.2. The van der Waals surface area contributed by atoms with Gasteiger partial charge < -0.3 is 10.3 Å². The molecule has 1 atom stereocenters. The van der Waals surface area contributed by atoms with E-state index in [1.807, 2.05) is 23.9 Å². The summed E-state index contributed by atoms with van der Waals surface area (Å²) in [4.78, 5) is 4.87. The molecule has 3 nitrogen and oxygen atoms in total. The standard InChI is InChI=1S/C17H27N3S/c1-6-21-10-9-12(2)20-15-8-7-13(18)11-14(15)19-16(20)17(3,4)5/h7-8,11-12H,6,9-10,18H2,1-5H3. The molecule has 0 radical (unpaired) electrons. The summed E-state index contributed by atoms with van der Waals surface area (Å²) >= 11 is 2.00. The van der Waals surface area contributed by atoms with Gasteiger partial charge >= 0.3 is 0 Å². The van der Waals surface area contributed by atoms with E-state index in [1.54, 1.807) is 0 Å². The molecule has 0 saturated heterocycles. The minimum absolute atomic E-state index is 0.0277. The van der Waals surface area contributed by atoms with Crippen LogP contribution in [-0.2, 0) is 5.41 Å². The number of aromatic nitrogens is 2. The zero-order valence-corrected chi connectivity index (χ0v) is 14.6. The topological polar surface area (TPSA) is 43.8 Å². The Labute approximate surface area is 132 Å². The van der Waals surface area contributed by atoms with Crippen LogP contribution < -0.4 is 5.73 Å². The van der Waals surface area contributed by atoms with E-state index in [0.717, 1.165) is 23.4 Å². The fourth-order valence-electron chi connectivity index (χ4n) is 2.62. The summed E-state index contributed by atoms with van der Waals surface area (Å²) in [5.41, 5.74) is 8.93. The zero-order chi connectivity index (χ0) is 15.6. The minimum atomic E-state index is 0.0277. The number of anilines is 1. The van der Waals surface area contributed by atoms with E-state index in [1.165, 1.54) is 17.0 Å². The van der Waals surface area contributed by atoms with E-state index in [4.69, 9.17) is 10.7 Å². The quantitative estimate of drug-likeness (QED) is 0.647. The molecule has 1 unspecified atom stereocenters. The van der Waals surface area contributed by atoms with E-state index < -0.39 is 0 Å². The van der Waals surface area contributed by atoms with Crippen LogP contribution in [0.3, 0.4) is 0 Å². The Kier molecular flexibility index (Phi) is 4.87. The maximum absolute atomic E-state index is 5.91. The first-order valence-corrected chi connectivity index (χ1v) is 8.85. The lowest BCUT2D eigenvalue weighted by Gasteiger charge is -2.24. The van der Waals surface area contributed by atoms with Crippen molar-refractivity contribution in [3.05, 3.63) is 24.0 Å². The van der Waals surface area contributed by atoms with E-state index in [0.29, 0.717) is 6.04 Å². The molecule has 0 amide bonds. The second kappa shape index (κ2) is 6.30. The van der Waals surface area contributed by atoms with Crippen molar-refractivity contribution < 1.29 is 0 Å². The molecular formula is C17H27N3S. The van der Waals surface area contributed by atoms with Gasteiger partial charge in [-0.3, -0.25) is 0 Å². The van der Waals surface area contributed by atoms with E-state index in [2.05, 4.69) is 45.3 Å². The predicted octanol–water partition coefficient (Wildman–Crippen LogP) is 4.62. The summed E-state index contributed by atoms with van der Waals surface area (Å²) in [6.45, 7) is 11.2. The summed E-state index contributed by atoms with van der Waals surface area (Å²) < 4.78 is 2.41. The van der Waals surface area contributed by atoms with Crippen LogP contribution in [0.4, 0.5) is 5.69 Å². The van der Waals surface area contributed by atoms with E-state index in [-0.39, 0.29) is 5.41 Å². The van der Waals surface area contributed by atoms with E-state index >= 15 is 0 Å². The predicted molar refractivity (Wildman–Crippen MR) is 95.2 cm³/mol. The summed E-state index contributed by atoms with van der Waals surface area (Å²) in [5.74, 6) is 3.52. The number of nitrogens with zero attached hydrogens (tertiary/aromatic N) is 2. The molecule has 1 aromatic heterocycles. The Balaban J connectivity index is 2.47. The average Bonchev–Trinajstić information content (AvgIpc) is 2.77. The lowest BCUT2D eigenvalue weighted by atomic mass is 9.95. The number of fused-ring (bicyclic) bond motifs is 1. The molecule has 116 valence electrons. The van der Waals surface area contributed by atoms with Crippen LogP contribution in [0.15, 0.2) is 18.2 Å². The number of nitrogen functional groups attached to an aromatic ring is 1. The Morgan fingerprint density at radius 1 is 1.33 bits per heavy atom. The average molecular weight is 305 g/mol. The third-order valence-corrected chi connectivity index (χ3v) is 4.64. The third kappa shape index (κ3) is 3.54. The van der Waals surface area contributed by atoms with Crippen molar-refractivity contribution in [3.8, 4) is 0 Å². The molecular weight excluding hydrogens is 278 g/mol. The zero-order valence-electron chi connectivity index (χ0n) is 13.8. The number of hydrogen-bond donors (Lipinski definition) is 1. The molecule has 2 aromatic rings. The van der Waals surface area contributed by atoms with Gasteiger partial charge in [0.25, 0.3) is 0 Å². The van der Waals surface area contributed by atoms with Crippen LogP contribution in [0.2, 0.25) is 0 Å². The van der Waals surface area contributed by atoms with Gasteiger partial charge in [-0.1, -0.05) is 27.7 Å². The van der Waals surface area contributed by atoms with Crippen LogP contribution in [0.1, 0.15) is 52.9 Å². The molecule has 21 heavy (non-hydrogen) atoms. The van der Waals surface area contributed by atoms with Gasteiger partial charge in [0.05, 0.1) is 11.0 Å². The number of imidazole rings is 1. The first kappa shape index (κ1) is 16.2. The molecule has 0 aliphatic rings. The van der Waals surface area contributed by atoms with Gasteiger partial charge in [0.1, 0.15) is 5.82 Å². The first-order valence-electron chi connectivity index (χ1n) is 7.70. The molecule has 0 aliphatic carbocycles. The van der Waals surface area contributed by atoms with Crippen LogP contribution >= 0.6 is 11.8 Å². The van der Waals surface area contributed by atoms with Crippen LogP contribution in [-0.4, -0.2) is 21.1 Å². The fourth-order valence-corrected chi connectivity index (χ4v) is 3.41. The van der Waals surface area contributed by atoms with Crippen molar-refractivity contribution in [1.82, 2.24) is 9.55 Å². The molecule has 2 rings (SSSR count). The van der Waals surface area contributed by atoms with Gasteiger partial charge in [-0.2, -0.15) is 11.8 Å². The summed E-state index contributed by atoms with van der Waals surface area (Å²) in [6.07, 6.45) is 1.16. The van der Waals surface area contributed by atoms with Crippen molar-refractivity contribution in [3.63, 3.8) is 0 Å². The molecule has 1 aromatic carbocycles. The minimum Gasteiger partial charge on any atom is -0.399 e. The Hall–Kier alpha value is -1.16. The highest BCUT2D eigenvalue weighted by Gasteiger charge is 2.25. The van der Waals surface area contributed by atoms with Crippen LogP contribution in [0, 0.1) is 0 Å². The van der Waals surface area contributed by atoms with E-state index in [9.17, 15) is 0 Å². The summed E-state index contributed by atoms with van der Waals surface area (Å²) in [6, 6.07) is 6.51. The number of benzene rings is 1. The second-order valence-corrected chi connectivity index (χ2v) is 8.03. The smallest absolute Gasteiger partial charge is 0.115 e. The fraction of sp³-hybridized carbons (Fsp3) is 0.588. The number of thioether (sulfide) groups is 1. The van der Waals surface area contributed by atoms with Crippen LogP contribution in [0.25, 0.3) is 11.0 Å². The Bertz CT molecular complexity index is 610. The molecule has 0 bridgehead atoms. The van der Waals surface area contributed by atoms with Gasteiger partial charge in [0, 0.05) is 17.1 Å². The van der Waals surface area contributed by atoms with Crippen molar-refractivity contribution in [2.24, 2.45) is 0 Å². The van der Waals surface area contributed by atoms with Crippen molar-refractivity contribution in [1.29, 1.82) is 0 Å². The number of hydrogen-bond acceptors (Lipinski definition) is 3. The molecule has 0 fully saturated rings. The third-order valence-electron chi connectivity index (χ3n) is 3.71. The molecule has 0 saturated carbocycles. The van der Waals surface area contributed by atoms with Crippen molar-refractivity contribution >= 4 is 28.5 Å². The second-order valence-electron chi connectivity index (χ2n) is 6.64. The normalized spacial score (nSPS) is 13.8. The molecule has 0 aliphatic heterocycles. The SMILES string of the molecule is CCSCCC(C)n1c(C(C)(C)C)nc2cc(N)ccc21. The molecule has 1 heterocycles. The maximum atomic E-state index is 5.91. The molecule has 2 N–H and O–H groups in total. The highest BCUT2D eigenvalue weighted by Crippen LogP contribution is 2.31. The highest BCUT2D eigenvalue weighted by molar-refractivity contribution is 7.99. The summed E-state index contributed by atoms with van der Waals surface area (Å²) in [7, 11) is 0. The largest absolute Gasteiger partial charge is 0.399 e. The van der Waals surface area contributed by atoms with Crippen LogP contribution in [0.5, 0.6) is 0 Å². The molecule has 4 heteroatoms. The van der Waals surface area contributed by atoms with Gasteiger partial charge in [-0.15, -0.1) is 0 Å². The maximum Gasteiger partial charge on any atom is 0.115 e. The Morgan fingerprint density at radius 3 is 2.67 bits per heavy atom. The van der Waals surface area contributed by atoms with Gasteiger partial charge in [-0.05, 0) is 43.0 Å². The monoisotopic (exact) mass is 305 g/mol. The number of nitrogens with two attached hydrogens (primary N) is 1. The first-order chi connectivity index (χ1) is 9.84. The number of rotatable bonds is 5. The lowest BCUT2D eigenvalue weighted by molar-refractivity contribution is 0.454. The van der Waals surface area contributed by atoms with Gasteiger partial charge in [0.2, 0.25) is 0 Å². The Morgan fingerprint density at radius 2 is 2.05 bits per heavy atom. The van der Waals surface area contributed by atoms with Crippen molar-refractivity contribution in [2.75, 3.05) is 17.2 Å².